The number of aryl methyl sites for hydroxylation is 1. The van der Waals surface area contributed by atoms with E-state index in [1.165, 1.54) is 18.4 Å². The molecule has 0 spiro atoms. The molecule has 0 saturated heterocycles. The highest BCUT2D eigenvalue weighted by molar-refractivity contribution is 5.99. The van der Waals surface area contributed by atoms with Crippen molar-refractivity contribution in [3.63, 3.8) is 0 Å². The van der Waals surface area contributed by atoms with Crippen LogP contribution >= 0.6 is 0 Å². The van der Waals surface area contributed by atoms with Crippen molar-refractivity contribution in [3.8, 4) is 0 Å². The topological polar surface area (TPSA) is 75.5 Å². The van der Waals surface area contributed by atoms with Crippen LogP contribution < -0.4 is 5.73 Å². The first-order valence-corrected chi connectivity index (χ1v) is 10.5. The van der Waals surface area contributed by atoms with E-state index in [0.29, 0.717) is 5.69 Å². The number of hydrogen-bond acceptors (Lipinski definition) is 5. The van der Waals surface area contributed by atoms with Gasteiger partial charge in [0, 0.05) is 16.5 Å². The van der Waals surface area contributed by atoms with E-state index in [9.17, 15) is 0 Å². The smallest absolute Gasteiger partial charge is 0.0936 e. The van der Waals surface area contributed by atoms with Crippen molar-refractivity contribution in [1.29, 1.82) is 0 Å². The van der Waals surface area contributed by atoms with Gasteiger partial charge in [0.2, 0.25) is 0 Å². The Morgan fingerprint density at radius 1 is 0.613 bits per heavy atom. The van der Waals surface area contributed by atoms with E-state index < -0.39 is 0 Å². The number of nitrogens with two attached hydrogens (primary N) is 1. The average Bonchev–Trinajstić information content (AvgIpc) is 2.82. The molecule has 0 aromatic heterocycles. The Bertz CT molecular complexity index is 1210. The zero-order valence-corrected chi connectivity index (χ0v) is 17.6. The zero-order chi connectivity index (χ0) is 21.5. The number of nitrogen functional groups attached to an aromatic ring is 1. The highest BCUT2D eigenvalue weighted by Crippen LogP contribution is 2.35. The fourth-order valence-electron chi connectivity index (χ4n) is 3.32. The summed E-state index contributed by atoms with van der Waals surface area (Å²) in [5, 5.41) is 19.7. The van der Waals surface area contributed by atoms with Gasteiger partial charge in [-0.1, -0.05) is 49.7 Å². The van der Waals surface area contributed by atoms with Gasteiger partial charge in [0.1, 0.15) is 0 Å². The lowest BCUT2D eigenvalue weighted by atomic mass is 10.1. The van der Waals surface area contributed by atoms with E-state index in [0.717, 1.165) is 39.9 Å². The van der Waals surface area contributed by atoms with Gasteiger partial charge in [0.25, 0.3) is 0 Å². The van der Waals surface area contributed by atoms with E-state index >= 15 is 0 Å². The van der Waals surface area contributed by atoms with Crippen molar-refractivity contribution in [3.05, 3.63) is 90.5 Å². The van der Waals surface area contributed by atoms with Crippen molar-refractivity contribution in [2.24, 2.45) is 20.5 Å². The number of unbranched alkanes of at least 4 members (excludes halogenated alkanes) is 1. The third-order valence-electron chi connectivity index (χ3n) is 5.07. The van der Waals surface area contributed by atoms with Crippen LogP contribution in [0.3, 0.4) is 0 Å². The molecule has 0 atom stereocenters. The molecule has 4 rings (SSSR count). The van der Waals surface area contributed by atoms with Crippen molar-refractivity contribution >= 4 is 39.2 Å². The summed E-state index contributed by atoms with van der Waals surface area (Å²) in [5.41, 5.74) is 11.0. The average molecular weight is 408 g/mol. The summed E-state index contributed by atoms with van der Waals surface area (Å²) in [6.45, 7) is 2.21. The monoisotopic (exact) mass is 407 g/mol. The second kappa shape index (κ2) is 9.76. The van der Waals surface area contributed by atoms with Gasteiger partial charge >= 0.3 is 0 Å². The molecule has 0 bridgehead atoms. The van der Waals surface area contributed by atoms with Gasteiger partial charge in [-0.2, -0.15) is 10.2 Å². The van der Waals surface area contributed by atoms with Crippen LogP contribution in [0, 0.1) is 0 Å². The van der Waals surface area contributed by atoms with Crippen LogP contribution in [0.4, 0.5) is 28.4 Å². The van der Waals surface area contributed by atoms with Gasteiger partial charge in [-0.15, -0.1) is 10.2 Å². The molecule has 0 aliphatic heterocycles. The Morgan fingerprint density at radius 3 is 1.65 bits per heavy atom. The number of benzene rings is 4. The maximum atomic E-state index is 5.73. The predicted molar refractivity (Wildman–Crippen MR) is 128 cm³/mol. The molecule has 0 aliphatic rings. The van der Waals surface area contributed by atoms with Crippen molar-refractivity contribution in [1.82, 2.24) is 0 Å². The van der Waals surface area contributed by atoms with Crippen LogP contribution in [0.25, 0.3) is 10.8 Å². The molecule has 0 saturated carbocycles. The second-order valence-corrected chi connectivity index (χ2v) is 7.41. The van der Waals surface area contributed by atoms with Crippen LogP contribution in [0.5, 0.6) is 0 Å². The molecule has 0 amide bonds. The summed E-state index contributed by atoms with van der Waals surface area (Å²) >= 11 is 0. The number of fused-ring (bicyclic) bond motifs is 1. The number of hydrogen-bond donors (Lipinski definition) is 1. The van der Waals surface area contributed by atoms with E-state index in [1.54, 1.807) is 0 Å². The van der Waals surface area contributed by atoms with Gasteiger partial charge in [0.05, 0.1) is 22.7 Å². The quantitative estimate of drug-likeness (QED) is 0.242. The summed E-state index contributed by atoms with van der Waals surface area (Å²) in [6.07, 6.45) is 3.50. The zero-order valence-electron chi connectivity index (χ0n) is 17.6. The summed E-state index contributed by atoms with van der Waals surface area (Å²) in [6, 6.07) is 27.5. The van der Waals surface area contributed by atoms with E-state index in [4.69, 9.17) is 5.73 Å². The second-order valence-electron chi connectivity index (χ2n) is 7.41. The molecule has 154 valence electrons. The first kappa shape index (κ1) is 20.4. The Labute approximate surface area is 182 Å². The molecule has 4 aromatic rings. The lowest BCUT2D eigenvalue weighted by Gasteiger charge is -2.04. The van der Waals surface area contributed by atoms with E-state index in [2.05, 4.69) is 39.5 Å². The summed E-state index contributed by atoms with van der Waals surface area (Å²) in [5.74, 6) is 0. The minimum absolute atomic E-state index is 0.703. The molecule has 0 fully saturated rings. The van der Waals surface area contributed by atoms with Gasteiger partial charge in [-0.05, 0) is 66.9 Å². The Hall–Kier alpha value is -3.86. The summed E-state index contributed by atoms with van der Waals surface area (Å²) < 4.78 is 0. The molecule has 5 nitrogen and oxygen atoms in total. The molecular weight excluding hydrogens is 382 g/mol. The van der Waals surface area contributed by atoms with Crippen molar-refractivity contribution < 1.29 is 0 Å². The lowest BCUT2D eigenvalue weighted by molar-refractivity contribution is 0.795. The molecule has 0 heterocycles. The van der Waals surface area contributed by atoms with Crippen LogP contribution in [-0.2, 0) is 6.42 Å². The van der Waals surface area contributed by atoms with Gasteiger partial charge in [-0.25, -0.2) is 0 Å². The first-order valence-electron chi connectivity index (χ1n) is 10.5. The fourth-order valence-corrected chi connectivity index (χ4v) is 3.32. The first-order chi connectivity index (χ1) is 15.2. The fraction of sp³-hybridized carbons (Fsp3) is 0.154. The SMILES string of the molecule is CCCCc1ccc(N=Nc2ccc(N=Nc3ccc(N)cc3)c3ccccc23)cc1. The molecule has 4 aromatic carbocycles. The van der Waals surface area contributed by atoms with E-state index in [-0.39, 0.29) is 0 Å². The maximum absolute atomic E-state index is 5.73. The number of anilines is 1. The largest absolute Gasteiger partial charge is 0.399 e. The van der Waals surface area contributed by atoms with E-state index in [1.807, 2.05) is 72.8 Å². The predicted octanol–water partition coefficient (Wildman–Crippen LogP) is 8.60. The molecule has 0 radical (unpaired) electrons. The van der Waals surface area contributed by atoms with Gasteiger partial charge in [-0.3, -0.25) is 0 Å². The normalized spacial score (nSPS) is 11.6. The summed E-state index contributed by atoms with van der Waals surface area (Å²) in [7, 11) is 0. The Morgan fingerprint density at radius 2 is 1.13 bits per heavy atom. The summed E-state index contributed by atoms with van der Waals surface area (Å²) in [4.78, 5) is 0. The minimum atomic E-state index is 0.703. The molecule has 31 heavy (non-hydrogen) atoms. The molecule has 0 unspecified atom stereocenters. The Kier molecular flexibility index (Phi) is 6.43. The molecule has 0 aliphatic carbocycles. The molecular formula is C26H25N5. The molecule has 5 heteroatoms. The number of azo groups is 2. The van der Waals surface area contributed by atoms with Gasteiger partial charge < -0.3 is 5.73 Å². The van der Waals surface area contributed by atoms with Gasteiger partial charge in [0.15, 0.2) is 0 Å². The minimum Gasteiger partial charge on any atom is -0.399 e. The van der Waals surface area contributed by atoms with Crippen molar-refractivity contribution in [2.45, 2.75) is 26.2 Å². The third-order valence-corrected chi connectivity index (χ3v) is 5.07. The molecule has 2 N–H and O–H groups in total. The van der Waals surface area contributed by atoms with Crippen LogP contribution in [0.1, 0.15) is 25.3 Å². The number of nitrogens with zero attached hydrogens (tertiary/aromatic N) is 4. The van der Waals surface area contributed by atoms with Crippen LogP contribution in [-0.4, -0.2) is 0 Å². The standard InChI is InChI=1S/C26H25N5/c1-2-3-6-19-9-13-21(14-10-19)28-30-25-17-18-26(24-8-5-4-7-23(24)25)31-29-22-15-11-20(27)12-16-22/h4-5,7-18H,2-3,6,27H2,1H3. The third kappa shape index (κ3) is 5.20. The van der Waals surface area contributed by atoms with Crippen LogP contribution in [0.2, 0.25) is 0 Å². The lowest BCUT2D eigenvalue weighted by Crippen LogP contribution is -1.82. The highest BCUT2D eigenvalue weighted by Gasteiger charge is 2.05. The maximum Gasteiger partial charge on any atom is 0.0936 e. The van der Waals surface area contributed by atoms with Crippen molar-refractivity contribution in [2.75, 3.05) is 5.73 Å². The Balaban J connectivity index is 1.59. The highest BCUT2D eigenvalue weighted by atomic mass is 15.1. The van der Waals surface area contributed by atoms with Crippen LogP contribution in [0.15, 0.2) is 105 Å². The number of rotatable bonds is 7.